The summed E-state index contributed by atoms with van der Waals surface area (Å²) < 4.78 is 2.39. The van der Waals surface area contributed by atoms with Crippen molar-refractivity contribution in [3.63, 3.8) is 0 Å². The van der Waals surface area contributed by atoms with Gasteiger partial charge in [0.2, 0.25) is 0 Å². The molecule has 0 aliphatic heterocycles. The third kappa shape index (κ3) is 3.40. The van der Waals surface area contributed by atoms with Gasteiger partial charge in [0, 0.05) is 19.0 Å². The van der Waals surface area contributed by atoms with Crippen molar-refractivity contribution in [3.8, 4) is 0 Å². The van der Waals surface area contributed by atoms with Crippen LogP contribution in [0.2, 0.25) is 0 Å². The molecule has 1 heterocycles. The van der Waals surface area contributed by atoms with Crippen LogP contribution in [0.15, 0.2) is 24.3 Å². The Hall–Kier alpha value is -1.35. The molecule has 110 valence electrons. The van der Waals surface area contributed by atoms with E-state index in [2.05, 4.69) is 54.9 Å². The summed E-state index contributed by atoms with van der Waals surface area (Å²) in [7, 11) is 0. The molecule has 0 saturated heterocycles. The zero-order chi connectivity index (χ0) is 14.4. The van der Waals surface area contributed by atoms with Gasteiger partial charge in [0.15, 0.2) is 0 Å². The van der Waals surface area contributed by atoms with Gasteiger partial charge in [0.25, 0.3) is 0 Å². The summed E-state index contributed by atoms with van der Waals surface area (Å²) in [5, 5.41) is 3.63. The van der Waals surface area contributed by atoms with Crippen LogP contribution in [0.25, 0.3) is 11.0 Å². The summed E-state index contributed by atoms with van der Waals surface area (Å²) in [5.41, 5.74) is 2.40. The fourth-order valence-corrected chi connectivity index (χ4v) is 2.68. The number of nitrogens with one attached hydrogen (secondary N) is 1. The van der Waals surface area contributed by atoms with E-state index in [9.17, 15) is 0 Å². The van der Waals surface area contributed by atoms with Crippen molar-refractivity contribution < 1.29 is 0 Å². The van der Waals surface area contributed by atoms with E-state index >= 15 is 0 Å². The quantitative estimate of drug-likeness (QED) is 0.793. The van der Waals surface area contributed by atoms with Crippen molar-refractivity contribution >= 4 is 11.0 Å². The molecule has 2 rings (SSSR count). The second kappa shape index (κ2) is 7.44. The van der Waals surface area contributed by atoms with Gasteiger partial charge in [-0.05, 0) is 37.9 Å². The van der Waals surface area contributed by atoms with Crippen molar-refractivity contribution in [2.75, 3.05) is 6.54 Å². The Bertz CT molecular complexity index is 530. The van der Waals surface area contributed by atoms with E-state index in [1.807, 2.05) is 0 Å². The highest BCUT2D eigenvalue weighted by atomic mass is 15.1. The smallest absolute Gasteiger partial charge is 0.111 e. The molecule has 0 aliphatic rings. The van der Waals surface area contributed by atoms with E-state index < -0.39 is 0 Å². The third-order valence-corrected chi connectivity index (χ3v) is 3.79. The van der Waals surface area contributed by atoms with Gasteiger partial charge in [0.05, 0.1) is 11.0 Å². The van der Waals surface area contributed by atoms with Gasteiger partial charge in [-0.3, -0.25) is 0 Å². The van der Waals surface area contributed by atoms with Crippen LogP contribution in [0, 0.1) is 0 Å². The molecule has 1 unspecified atom stereocenters. The molecule has 0 fully saturated rings. The number of aryl methyl sites for hydroxylation is 1. The van der Waals surface area contributed by atoms with Crippen molar-refractivity contribution in [1.29, 1.82) is 0 Å². The minimum atomic E-state index is 0.530. The first-order valence-corrected chi connectivity index (χ1v) is 7.97. The molecular weight excluding hydrogens is 246 g/mol. The van der Waals surface area contributed by atoms with Gasteiger partial charge in [-0.1, -0.05) is 32.9 Å². The highest BCUT2D eigenvalue weighted by Gasteiger charge is 2.14. The summed E-state index contributed by atoms with van der Waals surface area (Å²) in [6.45, 7) is 8.84. The Morgan fingerprint density at radius 2 is 1.95 bits per heavy atom. The minimum Gasteiger partial charge on any atom is -0.328 e. The maximum Gasteiger partial charge on any atom is 0.111 e. The number of para-hydroxylation sites is 2. The number of rotatable bonds is 8. The van der Waals surface area contributed by atoms with Crippen molar-refractivity contribution in [2.24, 2.45) is 0 Å². The largest absolute Gasteiger partial charge is 0.328 e. The average Bonchev–Trinajstić information content (AvgIpc) is 2.82. The number of hydrogen-bond acceptors (Lipinski definition) is 2. The molecule has 3 heteroatoms. The molecular formula is C17H27N3. The summed E-state index contributed by atoms with van der Waals surface area (Å²) in [4.78, 5) is 4.85. The van der Waals surface area contributed by atoms with Crippen molar-refractivity contribution in [1.82, 2.24) is 14.9 Å². The zero-order valence-electron chi connectivity index (χ0n) is 13.0. The van der Waals surface area contributed by atoms with Gasteiger partial charge in [0.1, 0.15) is 5.82 Å². The lowest BCUT2D eigenvalue weighted by Crippen LogP contribution is -2.32. The van der Waals surface area contributed by atoms with Crippen LogP contribution >= 0.6 is 0 Å². The third-order valence-electron chi connectivity index (χ3n) is 3.79. The molecule has 1 N–H and O–H groups in total. The van der Waals surface area contributed by atoms with E-state index in [0.717, 1.165) is 37.9 Å². The number of fused-ring (bicyclic) bond motifs is 1. The molecule has 0 radical (unpaired) electrons. The lowest BCUT2D eigenvalue weighted by Gasteiger charge is -2.17. The lowest BCUT2D eigenvalue weighted by molar-refractivity contribution is 0.475. The zero-order valence-corrected chi connectivity index (χ0v) is 13.0. The van der Waals surface area contributed by atoms with E-state index in [1.54, 1.807) is 0 Å². The van der Waals surface area contributed by atoms with Gasteiger partial charge < -0.3 is 9.88 Å². The standard InChI is InChI=1S/C17H27N3/c1-4-11-18-14(6-3)13-17-19-15-9-7-8-10-16(15)20(17)12-5-2/h7-10,14,18H,4-6,11-13H2,1-3H3. The molecule has 0 amide bonds. The summed E-state index contributed by atoms with van der Waals surface area (Å²) in [6, 6.07) is 9.00. The molecule has 3 nitrogen and oxygen atoms in total. The predicted molar refractivity (Wildman–Crippen MR) is 86.1 cm³/mol. The Morgan fingerprint density at radius 3 is 2.65 bits per heavy atom. The first-order valence-electron chi connectivity index (χ1n) is 7.97. The molecule has 1 atom stereocenters. The van der Waals surface area contributed by atoms with E-state index in [0.29, 0.717) is 6.04 Å². The number of benzene rings is 1. The second-order valence-corrected chi connectivity index (χ2v) is 5.43. The molecule has 0 aliphatic carbocycles. The van der Waals surface area contributed by atoms with Gasteiger partial charge in [-0.15, -0.1) is 0 Å². The van der Waals surface area contributed by atoms with Gasteiger partial charge in [-0.2, -0.15) is 0 Å². The van der Waals surface area contributed by atoms with E-state index in [1.165, 1.54) is 17.8 Å². The Morgan fingerprint density at radius 1 is 1.15 bits per heavy atom. The van der Waals surface area contributed by atoms with Crippen LogP contribution in [0.3, 0.4) is 0 Å². The Labute approximate surface area is 122 Å². The van der Waals surface area contributed by atoms with E-state index in [4.69, 9.17) is 4.98 Å². The number of imidazole rings is 1. The van der Waals surface area contributed by atoms with Crippen LogP contribution in [0.1, 0.15) is 45.9 Å². The highest BCUT2D eigenvalue weighted by molar-refractivity contribution is 5.75. The van der Waals surface area contributed by atoms with Crippen LogP contribution in [0.5, 0.6) is 0 Å². The maximum atomic E-state index is 4.85. The first kappa shape index (κ1) is 15.0. The maximum absolute atomic E-state index is 4.85. The topological polar surface area (TPSA) is 29.9 Å². The molecule has 2 aromatic rings. The molecule has 1 aromatic heterocycles. The number of aromatic nitrogens is 2. The molecule has 0 bridgehead atoms. The SMILES string of the molecule is CCCNC(CC)Cc1nc2ccccc2n1CCC. The lowest BCUT2D eigenvalue weighted by atomic mass is 10.1. The van der Waals surface area contributed by atoms with Crippen molar-refractivity contribution in [2.45, 2.75) is 59.0 Å². The van der Waals surface area contributed by atoms with Crippen LogP contribution < -0.4 is 5.32 Å². The molecule has 20 heavy (non-hydrogen) atoms. The Kier molecular flexibility index (Phi) is 5.60. The fraction of sp³-hybridized carbons (Fsp3) is 0.588. The molecule has 1 aromatic carbocycles. The van der Waals surface area contributed by atoms with Crippen molar-refractivity contribution in [3.05, 3.63) is 30.1 Å². The predicted octanol–water partition coefficient (Wildman–Crippen LogP) is 3.77. The first-order chi connectivity index (χ1) is 9.80. The molecule has 0 spiro atoms. The van der Waals surface area contributed by atoms with Gasteiger partial charge >= 0.3 is 0 Å². The number of nitrogens with zero attached hydrogens (tertiary/aromatic N) is 2. The van der Waals surface area contributed by atoms with Crippen LogP contribution in [0.4, 0.5) is 0 Å². The number of hydrogen-bond donors (Lipinski definition) is 1. The normalized spacial score (nSPS) is 12.9. The molecule has 0 saturated carbocycles. The second-order valence-electron chi connectivity index (χ2n) is 5.43. The van der Waals surface area contributed by atoms with Crippen LogP contribution in [-0.4, -0.2) is 22.1 Å². The summed E-state index contributed by atoms with van der Waals surface area (Å²) in [5.74, 6) is 1.23. The summed E-state index contributed by atoms with van der Waals surface area (Å²) in [6.07, 6.45) is 4.49. The Balaban J connectivity index is 2.25. The highest BCUT2D eigenvalue weighted by Crippen LogP contribution is 2.18. The van der Waals surface area contributed by atoms with Gasteiger partial charge in [-0.25, -0.2) is 4.98 Å². The monoisotopic (exact) mass is 273 g/mol. The van der Waals surface area contributed by atoms with E-state index in [-0.39, 0.29) is 0 Å². The fourth-order valence-electron chi connectivity index (χ4n) is 2.68. The summed E-state index contributed by atoms with van der Waals surface area (Å²) >= 11 is 0. The average molecular weight is 273 g/mol. The van der Waals surface area contributed by atoms with Crippen LogP contribution in [-0.2, 0) is 13.0 Å². The minimum absolute atomic E-state index is 0.530.